The van der Waals surface area contributed by atoms with Crippen LogP contribution in [0.1, 0.15) is 32.3 Å². The van der Waals surface area contributed by atoms with Crippen molar-refractivity contribution in [2.45, 2.75) is 38.3 Å². The van der Waals surface area contributed by atoms with Crippen molar-refractivity contribution < 1.29 is 14.3 Å². The summed E-state index contributed by atoms with van der Waals surface area (Å²) < 4.78 is 7.61. The maximum absolute atomic E-state index is 12.7. The number of aryl methyl sites for hydroxylation is 1. The minimum atomic E-state index is -0.680. The van der Waals surface area contributed by atoms with Gasteiger partial charge in [-0.2, -0.15) is 5.10 Å². The number of urea groups is 1. The zero-order valence-electron chi connectivity index (χ0n) is 13.9. The topological polar surface area (TPSA) is 102 Å². The molecule has 23 heavy (non-hydrogen) atoms. The first-order chi connectivity index (χ1) is 10.9. The molecule has 1 aromatic rings. The number of morpholine rings is 1. The summed E-state index contributed by atoms with van der Waals surface area (Å²) in [6.07, 6.45) is 4.97. The number of primary amides is 1. The normalized spacial score (nSPS) is 22.7. The Hall–Kier alpha value is -2.09. The van der Waals surface area contributed by atoms with Gasteiger partial charge >= 0.3 is 6.03 Å². The summed E-state index contributed by atoms with van der Waals surface area (Å²) in [5, 5.41) is 6.71. The average molecular weight is 323 g/mol. The summed E-state index contributed by atoms with van der Waals surface area (Å²) in [6.45, 7) is 5.25. The van der Waals surface area contributed by atoms with Crippen LogP contribution in [0.2, 0.25) is 0 Å². The van der Waals surface area contributed by atoms with Crippen LogP contribution in [-0.4, -0.2) is 52.4 Å². The van der Waals surface area contributed by atoms with Crippen LogP contribution in [0.15, 0.2) is 12.4 Å². The van der Waals surface area contributed by atoms with E-state index in [1.807, 2.05) is 27.1 Å². The van der Waals surface area contributed by atoms with Crippen LogP contribution in [0, 0.1) is 0 Å². The van der Waals surface area contributed by atoms with Gasteiger partial charge in [-0.25, -0.2) is 4.79 Å². The third kappa shape index (κ3) is 4.01. The summed E-state index contributed by atoms with van der Waals surface area (Å²) in [5.41, 5.74) is 5.50. The molecule has 0 aliphatic carbocycles. The fourth-order valence-corrected chi connectivity index (χ4v) is 2.87. The highest BCUT2D eigenvalue weighted by molar-refractivity contribution is 5.86. The van der Waals surface area contributed by atoms with E-state index in [9.17, 15) is 9.59 Å². The van der Waals surface area contributed by atoms with E-state index in [1.54, 1.807) is 15.8 Å². The quantitative estimate of drug-likeness (QED) is 0.815. The van der Waals surface area contributed by atoms with Crippen LogP contribution in [0.3, 0.4) is 0 Å². The molecule has 2 heterocycles. The fraction of sp³-hybridized carbons (Fsp3) is 0.667. The highest BCUT2D eigenvalue weighted by atomic mass is 16.5. The van der Waals surface area contributed by atoms with Gasteiger partial charge in [-0.1, -0.05) is 13.3 Å². The molecule has 8 nitrogen and oxygen atoms in total. The number of hydrogen-bond donors (Lipinski definition) is 2. The van der Waals surface area contributed by atoms with Gasteiger partial charge in [0.05, 0.1) is 19.3 Å². The Bertz CT molecular complexity index is 573. The summed E-state index contributed by atoms with van der Waals surface area (Å²) in [6, 6.07) is -1.27. The first-order valence-electron chi connectivity index (χ1n) is 7.83. The van der Waals surface area contributed by atoms with Gasteiger partial charge in [0.25, 0.3) is 0 Å². The molecule has 0 bridgehead atoms. The predicted octanol–water partition coefficient (Wildman–Crippen LogP) is 0.331. The van der Waals surface area contributed by atoms with Crippen molar-refractivity contribution in [3.05, 3.63) is 18.0 Å². The van der Waals surface area contributed by atoms with Crippen LogP contribution in [0.5, 0.6) is 0 Å². The van der Waals surface area contributed by atoms with E-state index < -0.39 is 17.7 Å². The van der Waals surface area contributed by atoms with E-state index in [0.717, 1.165) is 12.0 Å². The third-order valence-electron chi connectivity index (χ3n) is 4.09. The number of aromatic nitrogens is 2. The summed E-state index contributed by atoms with van der Waals surface area (Å²) in [4.78, 5) is 25.6. The van der Waals surface area contributed by atoms with Crippen molar-refractivity contribution in [2.75, 3.05) is 19.7 Å². The molecule has 3 N–H and O–H groups in total. The minimum Gasteiger partial charge on any atom is -0.367 e. The number of hydrogen-bond acceptors (Lipinski definition) is 4. The van der Waals surface area contributed by atoms with Crippen LogP contribution < -0.4 is 11.1 Å². The zero-order valence-corrected chi connectivity index (χ0v) is 13.9. The lowest BCUT2D eigenvalue weighted by atomic mass is 9.96. The van der Waals surface area contributed by atoms with E-state index in [1.165, 1.54) is 0 Å². The highest BCUT2D eigenvalue weighted by Gasteiger charge is 2.38. The van der Waals surface area contributed by atoms with Gasteiger partial charge in [0, 0.05) is 25.4 Å². The molecule has 0 radical (unpaired) electrons. The molecule has 0 saturated carbocycles. The van der Waals surface area contributed by atoms with Gasteiger partial charge in [0.15, 0.2) is 0 Å². The minimum absolute atomic E-state index is 0.121. The van der Waals surface area contributed by atoms with E-state index >= 15 is 0 Å². The monoisotopic (exact) mass is 323 g/mol. The second-order valence-corrected chi connectivity index (χ2v) is 6.09. The van der Waals surface area contributed by atoms with Crippen LogP contribution in [0.4, 0.5) is 4.79 Å². The summed E-state index contributed by atoms with van der Waals surface area (Å²) in [7, 11) is 1.84. The lowest BCUT2D eigenvalue weighted by Crippen LogP contribution is -2.56. The molecule has 1 aromatic heterocycles. The van der Waals surface area contributed by atoms with E-state index in [4.69, 9.17) is 10.5 Å². The number of carbonyl (C=O) groups is 2. The highest BCUT2D eigenvalue weighted by Crippen LogP contribution is 2.29. The molecule has 0 aromatic carbocycles. The number of amides is 3. The van der Waals surface area contributed by atoms with Crippen molar-refractivity contribution in [2.24, 2.45) is 12.8 Å². The van der Waals surface area contributed by atoms with E-state index in [2.05, 4.69) is 10.4 Å². The molecule has 3 amide bonds. The molecule has 2 atom stereocenters. The van der Waals surface area contributed by atoms with Gasteiger partial charge < -0.3 is 20.7 Å². The summed E-state index contributed by atoms with van der Waals surface area (Å²) in [5.74, 6) is -0.121. The van der Waals surface area contributed by atoms with Crippen LogP contribution in [-0.2, 0) is 22.2 Å². The fourth-order valence-electron chi connectivity index (χ4n) is 2.87. The third-order valence-corrected chi connectivity index (χ3v) is 4.09. The number of nitrogens with two attached hydrogens (primary N) is 1. The van der Waals surface area contributed by atoms with Gasteiger partial charge in [-0.3, -0.25) is 9.48 Å². The first-order valence-corrected chi connectivity index (χ1v) is 7.83. The Balaban J connectivity index is 2.12. The predicted molar refractivity (Wildman–Crippen MR) is 84.5 cm³/mol. The van der Waals surface area contributed by atoms with Gasteiger partial charge in [0.2, 0.25) is 5.91 Å². The molecular formula is C15H25N5O3. The molecule has 1 aliphatic rings. The molecule has 1 aliphatic heterocycles. The molecule has 8 heteroatoms. The van der Waals surface area contributed by atoms with E-state index in [0.29, 0.717) is 26.1 Å². The number of nitrogens with one attached hydrogen (secondary N) is 1. The average Bonchev–Trinajstić information content (AvgIpc) is 2.93. The standard InChI is InChI=1S/C15H25N5O3/c1-4-5-12(18-14(16)22)13(21)20-6-7-23-15(2,10-20)11-8-17-19(3)9-11/h8-9,12H,4-7,10H2,1-3H3,(H3,16,18,22)/t12-,15?/m1/s1. The molecular weight excluding hydrogens is 298 g/mol. The molecule has 1 fully saturated rings. The lowest BCUT2D eigenvalue weighted by molar-refractivity contribution is -0.151. The zero-order chi connectivity index (χ0) is 17.0. The molecule has 1 unspecified atom stereocenters. The number of carbonyl (C=O) groups excluding carboxylic acids is 2. The smallest absolute Gasteiger partial charge is 0.312 e. The summed E-state index contributed by atoms with van der Waals surface area (Å²) >= 11 is 0. The second-order valence-electron chi connectivity index (χ2n) is 6.09. The van der Waals surface area contributed by atoms with Gasteiger partial charge in [-0.15, -0.1) is 0 Å². The second kappa shape index (κ2) is 6.99. The number of nitrogens with zero attached hydrogens (tertiary/aromatic N) is 3. The molecule has 1 saturated heterocycles. The SMILES string of the molecule is CCC[C@@H](NC(N)=O)C(=O)N1CCOC(C)(c2cnn(C)c2)C1. The molecule has 2 rings (SSSR count). The number of rotatable bonds is 5. The Morgan fingerprint density at radius 3 is 2.87 bits per heavy atom. The van der Waals surface area contributed by atoms with Crippen LogP contribution in [0.25, 0.3) is 0 Å². The van der Waals surface area contributed by atoms with Crippen molar-refractivity contribution in [1.82, 2.24) is 20.0 Å². The largest absolute Gasteiger partial charge is 0.367 e. The van der Waals surface area contributed by atoms with Crippen molar-refractivity contribution in [3.63, 3.8) is 0 Å². The van der Waals surface area contributed by atoms with Crippen molar-refractivity contribution in [3.8, 4) is 0 Å². The van der Waals surface area contributed by atoms with Crippen molar-refractivity contribution >= 4 is 11.9 Å². The van der Waals surface area contributed by atoms with E-state index in [-0.39, 0.29) is 5.91 Å². The van der Waals surface area contributed by atoms with Crippen molar-refractivity contribution in [1.29, 1.82) is 0 Å². The van der Waals surface area contributed by atoms with Gasteiger partial charge in [0.1, 0.15) is 11.6 Å². The Morgan fingerprint density at radius 1 is 1.57 bits per heavy atom. The first kappa shape index (κ1) is 17.3. The maximum atomic E-state index is 12.7. The maximum Gasteiger partial charge on any atom is 0.312 e. The Kier molecular flexibility index (Phi) is 5.25. The molecule has 0 spiro atoms. The molecule has 128 valence electrons. The Labute approximate surface area is 135 Å². The van der Waals surface area contributed by atoms with Gasteiger partial charge in [-0.05, 0) is 13.3 Å². The Morgan fingerprint density at radius 2 is 2.30 bits per heavy atom. The van der Waals surface area contributed by atoms with Crippen LogP contribution >= 0.6 is 0 Å². The number of ether oxygens (including phenoxy) is 1. The lowest BCUT2D eigenvalue weighted by Gasteiger charge is -2.41.